The van der Waals surface area contributed by atoms with Gasteiger partial charge >= 0.3 is 0 Å². The Bertz CT molecular complexity index is 655. The van der Waals surface area contributed by atoms with Crippen molar-refractivity contribution in [1.82, 2.24) is 4.90 Å². The zero-order valence-electron chi connectivity index (χ0n) is 30.6. The highest BCUT2D eigenvalue weighted by molar-refractivity contribution is 6.06. The summed E-state index contributed by atoms with van der Waals surface area (Å²) in [5, 5.41) is 0. The van der Waals surface area contributed by atoms with Gasteiger partial charge in [0.2, 0.25) is 0 Å². The van der Waals surface area contributed by atoms with Crippen LogP contribution in [0.4, 0.5) is 0 Å². The number of carbonyl (C=O) groups is 2. The van der Waals surface area contributed by atoms with E-state index in [9.17, 15) is 9.59 Å². The van der Waals surface area contributed by atoms with Crippen molar-refractivity contribution in [3.8, 4) is 0 Å². The molecule has 0 atom stereocenters. The molecule has 0 rings (SSSR count). The number of Topliss-reactive ketones (excluding diaryl/α,β-unsaturated/α-hetero) is 2. The number of hydrogen-bond donors (Lipinski definition) is 0. The van der Waals surface area contributed by atoms with Crippen LogP contribution in [0.2, 0.25) is 0 Å². The molecular weight excluding hydrogens is 538 g/mol. The molecular formula is C41H77NO2. The van der Waals surface area contributed by atoms with Crippen LogP contribution in [0.1, 0.15) is 201 Å². The van der Waals surface area contributed by atoms with E-state index in [1.807, 2.05) is 25.9 Å². The van der Waals surface area contributed by atoms with E-state index in [2.05, 4.69) is 38.2 Å². The zero-order valence-corrected chi connectivity index (χ0v) is 30.6. The fourth-order valence-electron chi connectivity index (χ4n) is 6.23. The van der Waals surface area contributed by atoms with Gasteiger partial charge < -0.3 is 4.90 Å². The summed E-state index contributed by atoms with van der Waals surface area (Å²) in [6, 6.07) is 0. The lowest BCUT2D eigenvalue weighted by Crippen LogP contribution is -2.44. The molecule has 0 aromatic heterocycles. The minimum atomic E-state index is -0.856. The second-order valence-electron chi connectivity index (χ2n) is 14.1. The number of unbranched alkanes of at least 4 members (excludes halogenated alkanes) is 22. The lowest BCUT2D eigenvalue weighted by Gasteiger charge is -2.30. The van der Waals surface area contributed by atoms with E-state index >= 15 is 0 Å². The first-order valence-electron chi connectivity index (χ1n) is 19.4. The maximum atomic E-state index is 13.3. The Balaban J connectivity index is 4.00. The summed E-state index contributed by atoms with van der Waals surface area (Å²) in [5.41, 5.74) is -0.856. The molecule has 3 nitrogen and oxygen atoms in total. The minimum Gasteiger partial charge on any atom is -0.308 e. The molecule has 0 unspecified atom stereocenters. The number of rotatable bonds is 34. The summed E-state index contributed by atoms with van der Waals surface area (Å²) < 4.78 is 0. The SMILES string of the molecule is CCCCCCCC/C=C\CCCCCCCC(=O)C(C)(CN(C)C)C(=O)CCCCCCC/C=C\CCCCCCCC. The molecule has 3 heteroatoms. The molecule has 0 radical (unpaired) electrons. The smallest absolute Gasteiger partial charge is 0.147 e. The average molecular weight is 616 g/mol. The molecule has 0 bridgehead atoms. The topological polar surface area (TPSA) is 37.4 Å². The second-order valence-corrected chi connectivity index (χ2v) is 14.1. The van der Waals surface area contributed by atoms with Gasteiger partial charge in [0.05, 0.1) is 5.41 Å². The summed E-state index contributed by atoms with van der Waals surface area (Å²) in [4.78, 5) is 28.6. The van der Waals surface area contributed by atoms with E-state index in [1.54, 1.807) is 0 Å². The number of hydrogen-bond acceptors (Lipinski definition) is 3. The van der Waals surface area contributed by atoms with Gasteiger partial charge in [-0.25, -0.2) is 0 Å². The van der Waals surface area contributed by atoms with Crippen molar-refractivity contribution < 1.29 is 9.59 Å². The third kappa shape index (κ3) is 26.0. The highest BCUT2D eigenvalue weighted by atomic mass is 16.2. The van der Waals surface area contributed by atoms with Crippen LogP contribution < -0.4 is 0 Å². The first-order chi connectivity index (χ1) is 21.4. The lowest BCUT2D eigenvalue weighted by molar-refractivity contribution is -0.141. The predicted octanol–water partition coefficient (Wildman–Crippen LogP) is 12.8. The number of allylic oxidation sites excluding steroid dienone is 4. The summed E-state index contributed by atoms with van der Waals surface area (Å²) >= 11 is 0. The van der Waals surface area contributed by atoms with E-state index < -0.39 is 5.41 Å². The van der Waals surface area contributed by atoms with Gasteiger partial charge in [-0.1, -0.05) is 141 Å². The van der Waals surface area contributed by atoms with Crippen LogP contribution in [0.15, 0.2) is 24.3 Å². The molecule has 0 saturated heterocycles. The van der Waals surface area contributed by atoms with Gasteiger partial charge in [-0.2, -0.15) is 0 Å². The molecule has 0 aliphatic heterocycles. The second kappa shape index (κ2) is 31.7. The van der Waals surface area contributed by atoms with Crippen molar-refractivity contribution in [2.24, 2.45) is 5.41 Å². The monoisotopic (exact) mass is 616 g/mol. The normalized spacial score (nSPS) is 12.3. The average Bonchev–Trinajstić information content (AvgIpc) is 3.00. The van der Waals surface area contributed by atoms with Gasteiger partial charge in [-0.15, -0.1) is 0 Å². The molecule has 0 aliphatic carbocycles. The fraction of sp³-hybridized carbons (Fsp3) is 0.854. The molecule has 0 N–H and O–H groups in total. The maximum absolute atomic E-state index is 13.3. The molecule has 0 aromatic carbocycles. The van der Waals surface area contributed by atoms with Crippen LogP contribution in [0.3, 0.4) is 0 Å². The van der Waals surface area contributed by atoms with Gasteiger partial charge in [0.15, 0.2) is 0 Å². The van der Waals surface area contributed by atoms with Crippen molar-refractivity contribution in [2.75, 3.05) is 20.6 Å². The van der Waals surface area contributed by atoms with Crippen LogP contribution in [0.25, 0.3) is 0 Å². The largest absolute Gasteiger partial charge is 0.308 e. The molecule has 0 aromatic rings. The summed E-state index contributed by atoms with van der Waals surface area (Å²) in [6.07, 6.45) is 43.1. The molecule has 0 saturated carbocycles. The standard InChI is InChI=1S/C41H77NO2/c1-6-8-10-12-14-16-18-20-22-24-26-28-30-32-34-36-39(43)41(3,38-42(4)5)40(44)37-35-33-31-29-27-25-23-21-19-17-15-13-11-9-7-2/h20-23H,6-19,24-38H2,1-5H3/b22-20-,23-21-. The maximum Gasteiger partial charge on any atom is 0.147 e. The highest BCUT2D eigenvalue weighted by Gasteiger charge is 2.39. The molecule has 0 spiro atoms. The van der Waals surface area contributed by atoms with Crippen molar-refractivity contribution in [3.05, 3.63) is 24.3 Å². The third-order valence-corrected chi connectivity index (χ3v) is 9.19. The Labute approximate surface area is 276 Å². The Morgan fingerprint density at radius 2 is 0.727 bits per heavy atom. The van der Waals surface area contributed by atoms with Crippen molar-refractivity contribution >= 4 is 11.6 Å². The number of ketones is 2. The predicted molar refractivity (Wildman–Crippen MR) is 196 cm³/mol. The molecule has 258 valence electrons. The Morgan fingerprint density at radius 3 is 1.02 bits per heavy atom. The van der Waals surface area contributed by atoms with Crippen molar-refractivity contribution in [3.63, 3.8) is 0 Å². The summed E-state index contributed by atoms with van der Waals surface area (Å²) in [5.74, 6) is 0.308. The van der Waals surface area contributed by atoms with E-state index in [0.717, 1.165) is 25.7 Å². The summed E-state index contributed by atoms with van der Waals surface area (Å²) in [6.45, 7) is 6.98. The van der Waals surface area contributed by atoms with Crippen LogP contribution >= 0.6 is 0 Å². The van der Waals surface area contributed by atoms with Gasteiger partial charge in [-0.05, 0) is 85.2 Å². The van der Waals surface area contributed by atoms with Crippen LogP contribution in [-0.2, 0) is 9.59 Å². The lowest BCUT2D eigenvalue weighted by atomic mass is 9.77. The number of nitrogens with zero attached hydrogens (tertiary/aromatic N) is 1. The van der Waals surface area contributed by atoms with Crippen LogP contribution in [0.5, 0.6) is 0 Å². The number of carbonyl (C=O) groups excluding carboxylic acids is 2. The first kappa shape index (κ1) is 42.8. The van der Waals surface area contributed by atoms with Crippen LogP contribution in [-0.4, -0.2) is 37.1 Å². The van der Waals surface area contributed by atoms with Gasteiger partial charge in [0.1, 0.15) is 11.6 Å². The van der Waals surface area contributed by atoms with E-state index in [-0.39, 0.29) is 11.6 Å². The van der Waals surface area contributed by atoms with E-state index in [1.165, 1.54) is 141 Å². The molecule has 0 amide bonds. The Morgan fingerprint density at radius 1 is 0.455 bits per heavy atom. The minimum absolute atomic E-state index is 0.154. The van der Waals surface area contributed by atoms with E-state index in [0.29, 0.717) is 19.4 Å². The third-order valence-electron chi connectivity index (χ3n) is 9.19. The van der Waals surface area contributed by atoms with E-state index in [4.69, 9.17) is 0 Å². The molecule has 0 heterocycles. The Hall–Kier alpha value is -1.22. The van der Waals surface area contributed by atoms with Crippen LogP contribution in [0, 0.1) is 5.41 Å². The van der Waals surface area contributed by atoms with Gasteiger partial charge in [0, 0.05) is 19.4 Å². The highest BCUT2D eigenvalue weighted by Crippen LogP contribution is 2.27. The molecule has 0 aliphatic rings. The first-order valence-corrected chi connectivity index (χ1v) is 19.4. The van der Waals surface area contributed by atoms with Gasteiger partial charge in [-0.3, -0.25) is 9.59 Å². The quantitative estimate of drug-likeness (QED) is 0.0410. The van der Waals surface area contributed by atoms with Crippen molar-refractivity contribution in [1.29, 1.82) is 0 Å². The fourth-order valence-corrected chi connectivity index (χ4v) is 6.23. The molecule has 44 heavy (non-hydrogen) atoms. The zero-order chi connectivity index (χ0) is 32.6. The van der Waals surface area contributed by atoms with Crippen molar-refractivity contribution in [2.45, 2.75) is 201 Å². The Kier molecular flexibility index (Phi) is 30.9. The van der Waals surface area contributed by atoms with Gasteiger partial charge in [0.25, 0.3) is 0 Å². The molecule has 0 fully saturated rings. The summed E-state index contributed by atoms with van der Waals surface area (Å²) in [7, 11) is 3.95.